The Kier molecular flexibility index (Phi) is 5.47. The molecule has 0 amide bonds. The van der Waals surface area contributed by atoms with Gasteiger partial charge in [0.15, 0.2) is 0 Å². The Morgan fingerprint density at radius 1 is 1.25 bits per heavy atom. The van der Waals surface area contributed by atoms with E-state index in [1.165, 1.54) is 0 Å². The van der Waals surface area contributed by atoms with E-state index in [0.29, 0.717) is 0 Å². The lowest BCUT2D eigenvalue weighted by Crippen LogP contribution is -2.09. The molecule has 1 heterocycles. The van der Waals surface area contributed by atoms with Crippen LogP contribution in [0.4, 0.5) is 0 Å². The molecule has 0 aromatic carbocycles. The van der Waals surface area contributed by atoms with Crippen LogP contribution in [0, 0.1) is 6.92 Å². The second-order valence-electron chi connectivity index (χ2n) is 2.75. The highest BCUT2D eigenvalue weighted by atomic mass is 16.3. The minimum atomic E-state index is 0.883. The van der Waals surface area contributed by atoms with Crippen molar-refractivity contribution in [3.8, 4) is 0 Å². The molecule has 1 aromatic heterocycles. The molecule has 0 N–H and O–H groups in total. The Morgan fingerprint density at radius 2 is 1.83 bits per heavy atom. The van der Waals surface area contributed by atoms with Gasteiger partial charge in [0.05, 0.1) is 6.54 Å². The first-order valence-corrected chi connectivity index (χ1v) is 4.38. The molecule has 0 fully saturated rings. The van der Waals surface area contributed by atoms with Crippen molar-refractivity contribution in [1.82, 2.24) is 4.90 Å². The summed E-state index contributed by atoms with van der Waals surface area (Å²) in [7, 11) is 4.05. The molecule has 1 rings (SSSR count). The molecule has 0 saturated heterocycles. The molecule has 70 valence electrons. The van der Waals surface area contributed by atoms with Gasteiger partial charge in [-0.05, 0) is 33.2 Å². The van der Waals surface area contributed by atoms with Crippen LogP contribution < -0.4 is 0 Å². The fourth-order valence-corrected chi connectivity index (χ4v) is 0.882. The van der Waals surface area contributed by atoms with Gasteiger partial charge in [0.1, 0.15) is 11.5 Å². The van der Waals surface area contributed by atoms with E-state index in [-0.39, 0.29) is 0 Å². The number of nitrogens with zero attached hydrogens (tertiary/aromatic N) is 1. The van der Waals surface area contributed by atoms with Gasteiger partial charge >= 0.3 is 0 Å². The van der Waals surface area contributed by atoms with Gasteiger partial charge in [-0.15, -0.1) is 0 Å². The Hall–Kier alpha value is -0.760. The van der Waals surface area contributed by atoms with E-state index in [9.17, 15) is 0 Å². The average Bonchev–Trinajstić information content (AvgIpc) is 2.39. The normalized spacial score (nSPS) is 9.50. The highest BCUT2D eigenvalue weighted by Gasteiger charge is 1.97. The lowest BCUT2D eigenvalue weighted by atomic mass is 10.4. The molecule has 0 aliphatic heterocycles. The first-order valence-electron chi connectivity index (χ1n) is 4.38. The molecule has 0 aliphatic carbocycles. The van der Waals surface area contributed by atoms with Gasteiger partial charge in [-0.2, -0.15) is 0 Å². The maximum absolute atomic E-state index is 5.35. The zero-order chi connectivity index (χ0) is 9.56. The Morgan fingerprint density at radius 3 is 2.17 bits per heavy atom. The average molecular weight is 169 g/mol. The van der Waals surface area contributed by atoms with E-state index in [0.717, 1.165) is 18.1 Å². The molecular formula is C10H19NO. The quantitative estimate of drug-likeness (QED) is 0.676. The third-order valence-corrected chi connectivity index (χ3v) is 1.27. The minimum Gasteiger partial charge on any atom is -0.465 e. The first-order chi connectivity index (χ1) is 5.68. The summed E-state index contributed by atoms with van der Waals surface area (Å²) in [5.74, 6) is 2.01. The summed E-state index contributed by atoms with van der Waals surface area (Å²) < 4.78 is 5.35. The van der Waals surface area contributed by atoms with Crippen molar-refractivity contribution < 1.29 is 4.42 Å². The smallest absolute Gasteiger partial charge is 0.118 e. The van der Waals surface area contributed by atoms with Crippen LogP contribution >= 0.6 is 0 Å². The van der Waals surface area contributed by atoms with Gasteiger partial charge < -0.3 is 9.32 Å². The van der Waals surface area contributed by atoms with Crippen LogP contribution in [0.15, 0.2) is 16.5 Å². The predicted molar refractivity (Wildman–Crippen MR) is 52.2 cm³/mol. The van der Waals surface area contributed by atoms with E-state index < -0.39 is 0 Å². The molecule has 0 saturated carbocycles. The van der Waals surface area contributed by atoms with Crippen molar-refractivity contribution in [2.45, 2.75) is 27.3 Å². The van der Waals surface area contributed by atoms with Gasteiger partial charge in [-0.25, -0.2) is 0 Å². The van der Waals surface area contributed by atoms with Crippen molar-refractivity contribution in [3.63, 3.8) is 0 Å². The van der Waals surface area contributed by atoms with Gasteiger partial charge in [-0.3, -0.25) is 0 Å². The number of rotatable bonds is 2. The summed E-state index contributed by atoms with van der Waals surface area (Å²) in [4.78, 5) is 2.08. The van der Waals surface area contributed by atoms with Gasteiger partial charge in [0.25, 0.3) is 0 Å². The van der Waals surface area contributed by atoms with Crippen LogP contribution in [0.5, 0.6) is 0 Å². The molecule has 0 radical (unpaired) electrons. The summed E-state index contributed by atoms with van der Waals surface area (Å²) in [5.41, 5.74) is 0. The van der Waals surface area contributed by atoms with E-state index in [1.54, 1.807) is 0 Å². The van der Waals surface area contributed by atoms with Gasteiger partial charge in [-0.1, -0.05) is 13.8 Å². The van der Waals surface area contributed by atoms with E-state index in [1.807, 2.05) is 47.0 Å². The van der Waals surface area contributed by atoms with Crippen molar-refractivity contribution in [2.75, 3.05) is 14.1 Å². The van der Waals surface area contributed by atoms with Crippen molar-refractivity contribution in [2.24, 2.45) is 0 Å². The summed E-state index contributed by atoms with van der Waals surface area (Å²) in [6, 6.07) is 3.99. The number of aryl methyl sites for hydroxylation is 1. The lowest BCUT2D eigenvalue weighted by Gasteiger charge is -2.05. The molecule has 0 atom stereocenters. The molecule has 0 aliphatic rings. The number of furan rings is 1. The fraction of sp³-hybridized carbons (Fsp3) is 0.600. The topological polar surface area (TPSA) is 16.4 Å². The third-order valence-electron chi connectivity index (χ3n) is 1.27. The monoisotopic (exact) mass is 169 g/mol. The van der Waals surface area contributed by atoms with Crippen LogP contribution in [0.25, 0.3) is 0 Å². The first kappa shape index (κ1) is 11.2. The van der Waals surface area contributed by atoms with Crippen LogP contribution in [-0.4, -0.2) is 19.0 Å². The zero-order valence-electron chi connectivity index (χ0n) is 8.72. The van der Waals surface area contributed by atoms with Gasteiger partial charge in [0, 0.05) is 0 Å². The molecule has 1 aromatic rings. The third kappa shape index (κ3) is 4.19. The van der Waals surface area contributed by atoms with E-state index in [2.05, 4.69) is 4.90 Å². The van der Waals surface area contributed by atoms with Crippen LogP contribution in [0.1, 0.15) is 25.4 Å². The fourth-order valence-electron chi connectivity index (χ4n) is 0.882. The molecule has 12 heavy (non-hydrogen) atoms. The van der Waals surface area contributed by atoms with Crippen LogP contribution in [-0.2, 0) is 6.54 Å². The lowest BCUT2D eigenvalue weighted by molar-refractivity contribution is 0.345. The molecular weight excluding hydrogens is 150 g/mol. The Balaban J connectivity index is 0.000000561. The number of hydrogen-bond acceptors (Lipinski definition) is 2. The molecule has 0 bridgehead atoms. The van der Waals surface area contributed by atoms with Crippen molar-refractivity contribution in [1.29, 1.82) is 0 Å². The number of hydrogen-bond donors (Lipinski definition) is 0. The Bertz CT molecular complexity index is 203. The maximum Gasteiger partial charge on any atom is 0.118 e. The SMILES string of the molecule is CC.Cc1ccc(CN(C)C)o1. The summed E-state index contributed by atoms with van der Waals surface area (Å²) in [5, 5.41) is 0. The Labute approximate surface area is 75.2 Å². The second kappa shape index (κ2) is 5.84. The standard InChI is InChI=1S/C8H13NO.C2H6/c1-7-4-5-8(10-7)6-9(2)3;1-2/h4-5H,6H2,1-3H3;1-2H3. The molecule has 2 nitrogen and oxygen atoms in total. The van der Waals surface area contributed by atoms with E-state index in [4.69, 9.17) is 4.42 Å². The van der Waals surface area contributed by atoms with Crippen LogP contribution in [0.2, 0.25) is 0 Å². The van der Waals surface area contributed by atoms with Crippen molar-refractivity contribution in [3.05, 3.63) is 23.7 Å². The zero-order valence-corrected chi connectivity index (χ0v) is 8.72. The summed E-state index contributed by atoms with van der Waals surface area (Å²) >= 11 is 0. The minimum absolute atomic E-state index is 0.883. The van der Waals surface area contributed by atoms with Gasteiger partial charge in [0.2, 0.25) is 0 Å². The highest BCUT2D eigenvalue weighted by Crippen LogP contribution is 2.06. The van der Waals surface area contributed by atoms with Crippen molar-refractivity contribution >= 4 is 0 Å². The summed E-state index contributed by atoms with van der Waals surface area (Å²) in [6.07, 6.45) is 0. The van der Waals surface area contributed by atoms with E-state index >= 15 is 0 Å². The van der Waals surface area contributed by atoms with Crippen LogP contribution in [0.3, 0.4) is 0 Å². The predicted octanol–water partition coefficient (Wildman–Crippen LogP) is 2.68. The maximum atomic E-state index is 5.35. The second-order valence-corrected chi connectivity index (χ2v) is 2.75. The molecule has 0 spiro atoms. The molecule has 2 heteroatoms. The largest absolute Gasteiger partial charge is 0.465 e. The summed E-state index contributed by atoms with van der Waals surface area (Å²) in [6.45, 7) is 6.84. The highest BCUT2D eigenvalue weighted by molar-refractivity contribution is 5.04. The molecule has 0 unspecified atom stereocenters.